The molecule has 1 aliphatic rings. The predicted molar refractivity (Wildman–Crippen MR) is 145 cm³/mol. The highest BCUT2D eigenvalue weighted by Crippen LogP contribution is 2.31. The number of aliphatic hydroxyl groups is 1. The van der Waals surface area contributed by atoms with Gasteiger partial charge in [-0.05, 0) is 30.3 Å². The molecule has 0 aliphatic heterocycles. The summed E-state index contributed by atoms with van der Waals surface area (Å²) in [7, 11) is -2.65. The standard InChI is InChI=1S/C30H24N2O5S/c1-31(17-19(33)18-32-27-12-6-4-8-21(27)22-9-5-7-13-28(22)32)38(36,37)20-14-15-25-26(16-20)30(35)24-11-3-2-10-23(24)29(25)34/h2-16,19,33H,17-18H2,1H3. The van der Waals surface area contributed by atoms with E-state index in [2.05, 4.69) is 0 Å². The van der Waals surface area contributed by atoms with Crippen LogP contribution in [-0.4, -0.2) is 53.7 Å². The quantitative estimate of drug-likeness (QED) is 0.351. The first-order chi connectivity index (χ1) is 18.3. The molecule has 1 aliphatic carbocycles. The molecule has 8 heteroatoms. The van der Waals surface area contributed by atoms with Crippen molar-refractivity contribution in [1.82, 2.24) is 8.87 Å². The molecule has 38 heavy (non-hydrogen) atoms. The molecule has 0 saturated carbocycles. The third kappa shape index (κ3) is 3.77. The monoisotopic (exact) mass is 524 g/mol. The zero-order valence-corrected chi connectivity index (χ0v) is 21.4. The lowest BCUT2D eigenvalue weighted by Crippen LogP contribution is -2.36. The highest BCUT2D eigenvalue weighted by molar-refractivity contribution is 7.89. The van der Waals surface area contributed by atoms with Crippen molar-refractivity contribution in [3.63, 3.8) is 0 Å². The molecule has 0 bridgehead atoms. The molecule has 0 fully saturated rings. The minimum Gasteiger partial charge on any atom is -0.390 e. The summed E-state index contributed by atoms with van der Waals surface area (Å²) in [6.07, 6.45) is -0.998. The first-order valence-corrected chi connectivity index (χ1v) is 13.6. The zero-order chi connectivity index (χ0) is 26.6. The van der Waals surface area contributed by atoms with Crippen LogP contribution in [0.3, 0.4) is 0 Å². The fourth-order valence-electron chi connectivity index (χ4n) is 5.28. The van der Waals surface area contributed by atoms with Crippen LogP contribution in [0.15, 0.2) is 95.9 Å². The van der Waals surface area contributed by atoms with Gasteiger partial charge in [0, 0.05) is 57.7 Å². The number of carbonyl (C=O) groups is 2. The van der Waals surface area contributed by atoms with Gasteiger partial charge in [-0.25, -0.2) is 8.42 Å². The molecule has 0 radical (unpaired) electrons. The summed E-state index contributed by atoms with van der Waals surface area (Å²) >= 11 is 0. The van der Waals surface area contributed by atoms with Crippen LogP contribution < -0.4 is 0 Å². The number of ketones is 2. The van der Waals surface area contributed by atoms with E-state index < -0.39 is 16.1 Å². The summed E-state index contributed by atoms with van der Waals surface area (Å²) in [6.45, 7) is 0.0395. The number of fused-ring (bicyclic) bond motifs is 5. The van der Waals surface area contributed by atoms with Gasteiger partial charge in [-0.1, -0.05) is 60.7 Å². The largest absolute Gasteiger partial charge is 0.390 e. The Labute approximate surface area is 219 Å². The molecule has 0 amide bonds. The van der Waals surface area contributed by atoms with E-state index >= 15 is 0 Å². The summed E-state index contributed by atoms with van der Waals surface area (Å²) in [4.78, 5) is 25.8. The number of aromatic nitrogens is 1. The van der Waals surface area contributed by atoms with Gasteiger partial charge in [0.2, 0.25) is 10.0 Å². The van der Waals surface area contributed by atoms with Gasteiger partial charge in [-0.15, -0.1) is 0 Å². The van der Waals surface area contributed by atoms with Crippen molar-refractivity contribution in [3.05, 3.63) is 113 Å². The molecular formula is C30H24N2O5S. The predicted octanol–water partition coefficient (Wildman–Crippen LogP) is 4.25. The molecule has 190 valence electrons. The van der Waals surface area contributed by atoms with Gasteiger partial charge in [-0.3, -0.25) is 9.59 Å². The van der Waals surface area contributed by atoms with Crippen LogP contribution in [-0.2, 0) is 16.6 Å². The van der Waals surface area contributed by atoms with Gasteiger partial charge >= 0.3 is 0 Å². The number of sulfonamides is 1. The van der Waals surface area contributed by atoms with Crippen LogP contribution in [0, 0.1) is 0 Å². The zero-order valence-electron chi connectivity index (χ0n) is 20.5. The summed E-state index contributed by atoms with van der Waals surface area (Å²) in [5, 5.41) is 13.1. The molecule has 1 aromatic heterocycles. The Morgan fingerprint density at radius 2 is 1.24 bits per heavy atom. The van der Waals surface area contributed by atoms with E-state index in [9.17, 15) is 23.1 Å². The van der Waals surface area contributed by atoms with E-state index in [1.54, 1.807) is 24.3 Å². The number of hydrogen-bond donors (Lipinski definition) is 1. The normalized spacial score (nSPS) is 14.2. The Kier molecular flexibility index (Phi) is 5.75. The summed E-state index contributed by atoms with van der Waals surface area (Å²) in [6, 6.07) is 26.3. The third-order valence-electron chi connectivity index (χ3n) is 7.15. The van der Waals surface area contributed by atoms with Crippen LogP contribution in [0.1, 0.15) is 31.8 Å². The highest BCUT2D eigenvalue weighted by Gasteiger charge is 2.32. The number of rotatable bonds is 6. The van der Waals surface area contributed by atoms with Crippen molar-refractivity contribution in [1.29, 1.82) is 0 Å². The molecule has 1 unspecified atom stereocenters. The second-order valence-corrected chi connectivity index (χ2v) is 11.5. The number of para-hydroxylation sites is 2. The lowest BCUT2D eigenvalue weighted by Gasteiger charge is -2.23. The first-order valence-electron chi connectivity index (χ1n) is 12.2. The number of benzene rings is 4. The number of nitrogens with zero attached hydrogens (tertiary/aromatic N) is 2. The van der Waals surface area contributed by atoms with Crippen molar-refractivity contribution in [3.8, 4) is 0 Å². The van der Waals surface area contributed by atoms with Crippen LogP contribution in [0.25, 0.3) is 21.8 Å². The Hall–Kier alpha value is -4.11. The molecule has 1 N–H and O–H groups in total. The molecular weight excluding hydrogens is 500 g/mol. The number of carbonyl (C=O) groups excluding carboxylic acids is 2. The molecule has 0 saturated heterocycles. The maximum atomic E-state index is 13.4. The summed E-state index contributed by atoms with van der Waals surface area (Å²) in [5.41, 5.74) is 2.73. The fraction of sp³-hybridized carbons (Fsp3) is 0.133. The minimum atomic E-state index is -4.05. The molecule has 1 atom stereocenters. The van der Waals surface area contributed by atoms with Crippen molar-refractivity contribution >= 4 is 43.4 Å². The van der Waals surface area contributed by atoms with Crippen molar-refractivity contribution < 1.29 is 23.1 Å². The van der Waals surface area contributed by atoms with Gasteiger partial charge in [0.05, 0.1) is 17.5 Å². The van der Waals surface area contributed by atoms with Crippen LogP contribution in [0.2, 0.25) is 0 Å². The van der Waals surface area contributed by atoms with Gasteiger partial charge in [0.15, 0.2) is 11.6 Å². The Bertz CT molecular complexity index is 1820. The van der Waals surface area contributed by atoms with Crippen molar-refractivity contribution in [2.75, 3.05) is 13.6 Å². The van der Waals surface area contributed by atoms with Crippen molar-refractivity contribution in [2.24, 2.45) is 0 Å². The van der Waals surface area contributed by atoms with E-state index in [0.29, 0.717) is 5.56 Å². The second-order valence-electron chi connectivity index (χ2n) is 9.50. The molecule has 7 nitrogen and oxygen atoms in total. The van der Waals surface area contributed by atoms with Gasteiger partial charge in [-0.2, -0.15) is 4.31 Å². The Morgan fingerprint density at radius 3 is 1.84 bits per heavy atom. The SMILES string of the molecule is CN(CC(O)Cn1c2ccccc2c2ccccc21)S(=O)(=O)c1ccc2c(c1)C(=O)c1ccccc1C2=O. The van der Waals surface area contributed by atoms with E-state index in [1.807, 2.05) is 53.1 Å². The van der Waals surface area contributed by atoms with E-state index in [1.165, 1.54) is 25.2 Å². The van der Waals surface area contributed by atoms with E-state index in [4.69, 9.17) is 0 Å². The molecule has 6 rings (SSSR count). The number of aliphatic hydroxyl groups excluding tert-OH is 1. The smallest absolute Gasteiger partial charge is 0.242 e. The van der Waals surface area contributed by atoms with Crippen LogP contribution in [0.4, 0.5) is 0 Å². The molecule has 1 heterocycles. The fourth-order valence-corrected chi connectivity index (χ4v) is 6.52. The minimum absolute atomic E-state index is 0.0639. The third-order valence-corrected chi connectivity index (χ3v) is 8.97. The maximum Gasteiger partial charge on any atom is 0.242 e. The van der Waals surface area contributed by atoms with Gasteiger partial charge < -0.3 is 9.67 Å². The lowest BCUT2D eigenvalue weighted by molar-refractivity contribution is 0.0979. The van der Waals surface area contributed by atoms with Crippen molar-refractivity contribution in [2.45, 2.75) is 17.5 Å². The molecule has 0 spiro atoms. The van der Waals surface area contributed by atoms with Crippen LogP contribution in [0.5, 0.6) is 0 Å². The average Bonchev–Trinajstić information content (AvgIpc) is 3.24. The lowest BCUT2D eigenvalue weighted by atomic mass is 9.84. The number of hydrogen-bond acceptors (Lipinski definition) is 5. The Morgan fingerprint density at radius 1 is 0.737 bits per heavy atom. The topological polar surface area (TPSA) is 96.7 Å². The Balaban J connectivity index is 1.27. The second kappa shape index (κ2) is 9.02. The maximum absolute atomic E-state index is 13.4. The summed E-state index contributed by atoms with van der Waals surface area (Å²) in [5.74, 6) is -0.699. The molecule has 4 aromatic carbocycles. The molecule has 5 aromatic rings. The van der Waals surface area contributed by atoms with Gasteiger partial charge in [0.25, 0.3) is 0 Å². The average molecular weight is 525 g/mol. The first kappa shape index (κ1) is 24.2. The summed E-state index contributed by atoms with van der Waals surface area (Å²) < 4.78 is 29.9. The van der Waals surface area contributed by atoms with E-state index in [-0.39, 0.29) is 46.2 Å². The van der Waals surface area contributed by atoms with Gasteiger partial charge in [0.1, 0.15) is 0 Å². The highest BCUT2D eigenvalue weighted by atomic mass is 32.2. The number of likely N-dealkylation sites (N-methyl/N-ethyl adjacent to an activating group) is 1. The van der Waals surface area contributed by atoms with Crippen LogP contribution >= 0.6 is 0 Å². The van der Waals surface area contributed by atoms with E-state index in [0.717, 1.165) is 26.1 Å².